The Balaban J connectivity index is 1.38. The molecule has 1 amide bonds. The Hall–Kier alpha value is -3.60. The third-order valence-corrected chi connectivity index (χ3v) is 6.67. The smallest absolute Gasteiger partial charge is 0.252 e. The van der Waals surface area contributed by atoms with Gasteiger partial charge in [-0.05, 0) is 42.7 Å². The van der Waals surface area contributed by atoms with E-state index in [9.17, 15) is 14.3 Å². The molecule has 1 aliphatic rings. The van der Waals surface area contributed by atoms with Crippen LogP contribution in [-0.2, 0) is 11.8 Å². The minimum Gasteiger partial charge on any atom is -0.394 e. The molecule has 192 valence electrons. The van der Waals surface area contributed by atoms with Gasteiger partial charge in [0.05, 0.1) is 35.5 Å². The first-order valence-electron chi connectivity index (χ1n) is 11.9. The molecule has 2 aromatic heterocycles. The lowest BCUT2D eigenvalue weighted by molar-refractivity contribution is -0.0213. The summed E-state index contributed by atoms with van der Waals surface area (Å²) in [6.07, 6.45) is 6.32. The van der Waals surface area contributed by atoms with E-state index in [2.05, 4.69) is 25.7 Å². The van der Waals surface area contributed by atoms with Crippen LogP contribution in [0.1, 0.15) is 40.4 Å². The molecule has 9 nitrogen and oxygen atoms in total. The molecular formula is C26H26ClFN6O3. The molecule has 3 atom stereocenters. The average molecular weight is 525 g/mol. The lowest BCUT2D eigenvalue weighted by Gasteiger charge is -2.29. The Morgan fingerprint density at radius 1 is 1.27 bits per heavy atom. The average Bonchev–Trinajstić information content (AvgIpc) is 3.34. The number of ether oxygens (including phenoxy) is 1. The lowest BCUT2D eigenvalue weighted by atomic mass is 10.0. The van der Waals surface area contributed by atoms with E-state index in [1.54, 1.807) is 54.6 Å². The summed E-state index contributed by atoms with van der Waals surface area (Å²) in [6.45, 7) is 0.522. The quantitative estimate of drug-likeness (QED) is 0.338. The van der Waals surface area contributed by atoms with E-state index in [1.807, 2.05) is 0 Å². The van der Waals surface area contributed by atoms with Gasteiger partial charge in [-0.2, -0.15) is 5.10 Å². The zero-order valence-corrected chi connectivity index (χ0v) is 20.8. The van der Waals surface area contributed by atoms with Crippen LogP contribution in [0.3, 0.4) is 0 Å². The number of hydrogen-bond donors (Lipinski definition) is 3. The maximum atomic E-state index is 14.2. The van der Waals surface area contributed by atoms with Gasteiger partial charge in [0.2, 0.25) is 5.95 Å². The van der Waals surface area contributed by atoms with Crippen molar-refractivity contribution in [2.24, 2.45) is 7.05 Å². The predicted octanol–water partition coefficient (Wildman–Crippen LogP) is 3.63. The van der Waals surface area contributed by atoms with E-state index in [0.29, 0.717) is 41.2 Å². The van der Waals surface area contributed by atoms with Gasteiger partial charge in [0.1, 0.15) is 5.82 Å². The zero-order chi connectivity index (χ0) is 25.9. The number of fused-ring (bicyclic) bond motifs is 1. The van der Waals surface area contributed by atoms with Gasteiger partial charge in [0, 0.05) is 48.6 Å². The Bertz CT molecular complexity index is 1430. The summed E-state index contributed by atoms with van der Waals surface area (Å²) in [6, 6.07) is 9.06. The highest BCUT2D eigenvalue weighted by molar-refractivity contribution is 6.30. The second kappa shape index (κ2) is 10.8. The summed E-state index contributed by atoms with van der Waals surface area (Å²) >= 11 is 5.87. The third kappa shape index (κ3) is 5.71. The second-order valence-electron chi connectivity index (χ2n) is 9.04. The Labute approximate surface area is 217 Å². The number of nitrogens with zero attached hydrogens (tertiary/aromatic N) is 4. The number of rotatable bonds is 7. The summed E-state index contributed by atoms with van der Waals surface area (Å²) in [4.78, 5) is 22.3. The highest BCUT2D eigenvalue weighted by Crippen LogP contribution is 2.26. The van der Waals surface area contributed by atoms with Crippen molar-refractivity contribution in [2.45, 2.75) is 31.0 Å². The number of aromatic nitrogens is 4. The van der Waals surface area contributed by atoms with Crippen LogP contribution >= 0.6 is 11.6 Å². The van der Waals surface area contributed by atoms with Gasteiger partial charge in [-0.3, -0.25) is 9.48 Å². The number of carbonyl (C=O) groups is 1. The van der Waals surface area contributed by atoms with Crippen LogP contribution in [0.25, 0.3) is 10.9 Å². The van der Waals surface area contributed by atoms with Crippen LogP contribution in [0.2, 0.25) is 5.02 Å². The maximum Gasteiger partial charge on any atom is 0.252 e. The highest BCUT2D eigenvalue weighted by atomic mass is 35.5. The number of aliphatic hydroxyl groups is 1. The maximum absolute atomic E-state index is 14.2. The molecule has 5 rings (SSSR count). The molecule has 0 radical (unpaired) electrons. The first-order chi connectivity index (χ1) is 17.9. The van der Waals surface area contributed by atoms with Crippen molar-refractivity contribution in [3.8, 4) is 0 Å². The van der Waals surface area contributed by atoms with Gasteiger partial charge in [-0.25, -0.2) is 14.4 Å². The molecule has 1 fully saturated rings. The molecular weight excluding hydrogens is 499 g/mol. The van der Waals surface area contributed by atoms with Crippen molar-refractivity contribution < 1.29 is 19.0 Å². The number of anilines is 1. The fourth-order valence-electron chi connectivity index (χ4n) is 4.41. The number of aryl methyl sites for hydroxylation is 1. The van der Waals surface area contributed by atoms with Crippen LogP contribution in [-0.4, -0.2) is 56.1 Å². The largest absolute Gasteiger partial charge is 0.394 e. The Kier molecular flexibility index (Phi) is 7.31. The van der Waals surface area contributed by atoms with Gasteiger partial charge < -0.3 is 20.5 Å². The lowest BCUT2D eigenvalue weighted by Crippen LogP contribution is -2.36. The Morgan fingerprint density at radius 3 is 2.89 bits per heavy atom. The molecule has 3 heterocycles. The number of benzene rings is 2. The summed E-state index contributed by atoms with van der Waals surface area (Å²) in [5.41, 5.74) is 2.23. The summed E-state index contributed by atoms with van der Waals surface area (Å²) in [5.74, 6) is -0.479. The minimum absolute atomic E-state index is 0.00581. The molecule has 1 saturated heterocycles. The van der Waals surface area contributed by atoms with E-state index < -0.39 is 11.9 Å². The topological polar surface area (TPSA) is 114 Å². The van der Waals surface area contributed by atoms with Crippen LogP contribution in [0.15, 0.2) is 55.0 Å². The van der Waals surface area contributed by atoms with E-state index in [4.69, 9.17) is 16.3 Å². The van der Waals surface area contributed by atoms with E-state index >= 15 is 0 Å². The second-order valence-corrected chi connectivity index (χ2v) is 9.44. The van der Waals surface area contributed by atoms with Crippen LogP contribution < -0.4 is 10.6 Å². The number of hydrogen-bond acceptors (Lipinski definition) is 7. The van der Waals surface area contributed by atoms with Crippen LogP contribution in [0.4, 0.5) is 10.3 Å². The molecule has 11 heteroatoms. The Morgan fingerprint density at radius 2 is 2.14 bits per heavy atom. The first-order valence-corrected chi connectivity index (χ1v) is 12.3. The third-order valence-electron chi connectivity index (χ3n) is 6.36. The minimum atomic E-state index is -0.640. The predicted molar refractivity (Wildman–Crippen MR) is 137 cm³/mol. The van der Waals surface area contributed by atoms with Crippen molar-refractivity contribution in [2.75, 3.05) is 18.5 Å². The van der Waals surface area contributed by atoms with Gasteiger partial charge in [-0.15, -0.1) is 0 Å². The summed E-state index contributed by atoms with van der Waals surface area (Å²) in [7, 11) is 1.77. The van der Waals surface area contributed by atoms with Crippen molar-refractivity contribution in [3.05, 3.63) is 82.5 Å². The zero-order valence-electron chi connectivity index (χ0n) is 20.1. The first kappa shape index (κ1) is 25.1. The molecule has 0 spiro atoms. The number of aliphatic hydroxyl groups excluding tert-OH is 1. The fraction of sp³-hybridized carbons (Fsp3) is 0.308. The standard InChI is InChI=1S/C26H26ClFN6O3/c1-34-13-18(12-30-34)24(15-4-5-21(27)22(28)8-15)33-25(36)16-2-3-17-11-29-26(32-23(17)9-16)31-19-6-7-37-20(10-19)14-35/h2-5,8-9,11-13,19-20,24,35H,6-7,10,14H2,1H3,(H,33,36)(H,29,31,32)/t19-,20-,24-/m0/s1. The molecule has 4 aromatic rings. The van der Waals surface area contributed by atoms with Crippen LogP contribution in [0.5, 0.6) is 0 Å². The van der Waals surface area contributed by atoms with Gasteiger partial charge in [-0.1, -0.05) is 23.7 Å². The van der Waals surface area contributed by atoms with Gasteiger partial charge in [0.15, 0.2) is 0 Å². The van der Waals surface area contributed by atoms with Crippen molar-refractivity contribution >= 4 is 34.4 Å². The molecule has 0 aliphatic carbocycles. The molecule has 0 unspecified atom stereocenters. The monoisotopic (exact) mass is 524 g/mol. The van der Waals surface area contributed by atoms with Crippen LogP contribution in [0, 0.1) is 5.82 Å². The SMILES string of the molecule is Cn1cc([C@@H](NC(=O)c2ccc3cnc(N[C@H]4CCO[C@H](CO)C4)nc3c2)c2ccc(Cl)c(F)c2)cn1. The summed E-state index contributed by atoms with van der Waals surface area (Å²) < 4.78 is 21.4. The molecule has 37 heavy (non-hydrogen) atoms. The van der Waals surface area contributed by atoms with E-state index in [1.165, 1.54) is 12.1 Å². The van der Waals surface area contributed by atoms with E-state index in [-0.39, 0.29) is 29.7 Å². The fourth-order valence-corrected chi connectivity index (χ4v) is 4.53. The molecule has 1 aliphatic heterocycles. The number of nitrogens with one attached hydrogen (secondary N) is 2. The van der Waals surface area contributed by atoms with E-state index in [0.717, 1.165) is 11.8 Å². The van der Waals surface area contributed by atoms with Gasteiger partial charge in [0.25, 0.3) is 5.91 Å². The van der Waals surface area contributed by atoms with Gasteiger partial charge >= 0.3 is 0 Å². The molecule has 0 saturated carbocycles. The molecule has 2 aromatic carbocycles. The summed E-state index contributed by atoms with van der Waals surface area (Å²) in [5, 5.41) is 20.7. The highest BCUT2D eigenvalue weighted by Gasteiger charge is 2.23. The number of amides is 1. The normalized spacial score (nSPS) is 18.5. The number of carbonyl (C=O) groups excluding carboxylic acids is 1. The van der Waals surface area contributed by atoms with Crippen molar-refractivity contribution in [1.29, 1.82) is 0 Å². The van der Waals surface area contributed by atoms with Crippen molar-refractivity contribution in [3.63, 3.8) is 0 Å². The molecule has 3 N–H and O–H groups in total. The van der Waals surface area contributed by atoms with Crippen molar-refractivity contribution in [1.82, 2.24) is 25.1 Å². The molecule has 0 bridgehead atoms. The number of halogens is 2.